The van der Waals surface area contributed by atoms with Gasteiger partial charge in [-0.25, -0.2) is 0 Å². The van der Waals surface area contributed by atoms with Gasteiger partial charge in [0.05, 0.1) is 25.8 Å². The number of fused-ring (bicyclic) bond motifs is 1. The highest BCUT2D eigenvalue weighted by molar-refractivity contribution is 7.99. The van der Waals surface area contributed by atoms with Crippen LogP contribution in [-0.2, 0) is 9.63 Å². The Bertz CT molecular complexity index is 1000. The molecule has 1 saturated heterocycles. The van der Waals surface area contributed by atoms with Crippen LogP contribution in [0.1, 0.15) is 69.4 Å². The Kier molecular flexibility index (Phi) is 10.9. The number of pyridine rings is 1. The van der Waals surface area contributed by atoms with E-state index in [1.807, 2.05) is 30.5 Å². The molecule has 0 radical (unpaired) electrons. The minimum atomic E-state index is -0.688. The van der Waals surface area contributed by atoms with E-state index in [0.717, 1.165) is 72.1 Å². The quantitative estimate of drug-likeness (QED) is 0.320. The van der Waals surface area contributed by atoms with Crippen LogP contribution in [-0.4, -0.2) is 65.8 Å². The first-order valence-electron chi connectivity index (χ1n) is 13.8. The lowest BCUT2D eigenvalue weighted by atomic mass is 9.79. The lowest BCUT2D eigenvalue weighted by molar-refractivity contribution is -0.139. The normalized spacial score (nSPS) is 22.2. The first-order valence-corrected chi connectivity index (χ1v) is 14.9. The fourth-order valence-corrected chi connectivity index (χ4v) is 7.52. The van der Waals surface area contributed by atoms with E-state index in [1.165, 1.54) is 32.1 Å². The summed E-state index contributed by atoms with van der Waals surface area (Å²) in [5.41, 5.74) is 5.24. The van der Waals surface area contributed by atoms with Gasteiger partial charge in [-0.05, 0) is 80.3 Å². The standard InChI is InChI=1S/C29H43N3O4S/c1-35-23-9-11-27-26(19-23)25(12-14-30-27)28(31-36-2)10-8-21-13-15-32(20-22(21)18-29(33)34)16-17-37-24-6-4-3-5-7-24/h9,11-12,14,19,21-22,24,28,31H,3-8,10,13,15-18,20H2,1-2H3,(H,33,34)/t21-,22+,28+/m1/s1. The molecule has 1 aliphatic heterocycles. The molecule has 0 unspecified atom stereocenters. The summed E-state index contributed by atoms with van der Waals surface area (Å²) in [6.45, 7) is 3.02. The number of nitrogens with one attached hydrogen (secondary N) is 1. The number of nitrogens with zero attached hydrogens (tertiary/aromatic N) is 2. The number of hydroxylamine groups is 1. The molecule has 0 spiro atoms. The molecule has 8 heteroatoms. The average molecular weight is 530 g/mol. The van der Waals surface area contributed by atoms with Crippen molar-refractivity contribution >= 4 is 28.6 Å². The van der Waals surface area contributed by atoms with E-state index in [-0.39, 0.29) is 18.4 Å². The van der Waals surface area contributed by atoms with Crippen LogP contribution < -0.4 is 10.2 Å². The monoisotopic (exact) mass is 529 g/mol. The zero-order chi connectivity index (χ0) is 26.0. The van der Waals surface area contributed by atoms with Crippen LogP contribution in [0.2, 0.25) is 0 Å². The first-order chi connectivity index (χ1) is 18.1. The molecule has 7 nitrogen and oxygen atoms in total. The summed E-state index contributed by atoms with van der Waals surface area (Å²) >= 11 is 2.13. The molecule has 3 atom stereocenters. The van der Waals surface area contributed by atoms with Crippen LogP contribution in [0.4, 0.5) is 0 Å². The molecular formula is C29H43N3O4S. The number of ether oxygens (including phenoxy) is 1. The van der Waals surface area contributed by atoms with Crippen molar-refractivity contribution in [3.8, 4) is 5.75 Å². The molecule has 1 saturated carbocycles. The summed E-state index contributed by atoms with van der Waals surface area (Å²) in [4.78, 5) is 24.2. The highest BCUT2D eigenvalue weighted by Crippen LogP contribution is 2.35. The Labute approximate surface area is 225 Å². The zero-order valence-electron chi connectivity index (χ0n) is 22.4. The molecule has 2 fully saturated rings. The third-order valence-electron chi connectivity index (χ3n) is 8.17. The molecule has 37 heavy (non-hydrogen) atoms. The summed E-state index contributed by atoms with van der Waals surface area (Å²) in [5.74, 6) is 1.85. The number of piperidine rings is 1. The minimum absolute atomic E-state index is 0.0157. The van der Waals surface area contributed by atoms with Crippen molar-refractivity contribution in [1.29, 1.82) is 0 Å². The molecule has 2 heterocycles. The van der Waals surface area contributed by atoms with Crippen LogP contribution in [0.3, 0.4) is 0 Å². The number of thioether (sulfide) groups is 1. The Balaban J connectivity index is 1.37. The summed E-state index contributed by atoms with van der Waals surface area (Å²) in [6.07, 6.45) is 11.8. The highest BCUT2D eigenvalue weighted by atomic mass is 32.2. The van der Waals surface area contributed by atoms with Gasteiger partial charge in [0.2, 0.25) is 0 Å². The number of likely N-dealkylation sites (tertiary alicyclic amines) is 1. The van der Waals surface area contributed by atoms with Crippen molar-refractivity contribution in [2.75, 3.05) is 39.6 Å². The number of carbonyl (C=O) groups is 1. The number of benzene rings is 1. The van der Waals surface area contributed by atoms with Gasteiger partial charge in [0.15, 0.2) is 0 Å². The summed E-state index contributed by atoms with van der Waals surface area (Å²) in [5, 5.41) is 11.5. The van der Waals surface area contributed by atoms with Gasteiger partial charge in [0.1, 0.15) is 5.75 Å². The molecule has 4 rings (SSSR count). The molecule has 204 valence electrons. The molecule has 2 N–H and O–H groups in total. The largest absolute Gasteiger partial charge is 0.497 e. The number of methoxy groups -OCH3 is 1. The smallest absolute Gasteiger partial charge is 0.303 e. The molecule has 0 amide bonds. The third kappa shape index (κ3) is 8.06. The van der Waals surface area contributed by atoms with Crippen molar-refractivity contribution in [1.82, 2.24) is 15.4 Å². The predicted octanol–water partition coefficient (Wildman–Crippen LogP) is 5.69. The second kappa shape index (κ2) is 14.3. The Morgan fingerprint density at radius 2 is 2.03 bits per heavy atom. The maximum absolute atomic E-state index is 11.7. The summed E-state index contributed by atoms with van der Waals surface area (Å²) in [7, 11) is 3.32. The minimum Gasteiger partial charge on any atom is -0.497 e. The van der Waals surface area contributed by atoms with Crippen molar-refractivity contribution < 1.29 is 19.5 Å². The van der Waals surface area contributed by atoms with Gasteiger partial charge in [-0.2, -0.15) is 17.2 Å². The van der Waals surface area contributed by atoms with E-state index in [9.17, 15) is 9.90 Å². The van der Waals surface area contributed by atoms with E-state index in [0.29, 0.717) is 5.92 Å². The molecule has 2 aromatic rings. The number of hydrogen-bond donors (Lipinski definition) is 2. The van der Waals surface area contributed by atoms with Crippen LogP contribution >= 0.6 is 11.8 Å². The van der Waals surface area contributed by atoms with Crippen molar-refractivity contribution in [3.63, 3.8) is 0 Å². The molecule has 1 aliphatic carbocycles. The number of aliphatic carboxylic acids is 1. The van der Waals surface area contributed by atoms with Gasteiger partial charge in [-0.15, -0.1) is 0 Å². The second-order valence-corrected chi connectivity index (χ2v) is 12.0. The molecule has 1 aromatic heterocycles. The lowest BCUT2D eigenvalue weighted by Gasteiger charge is -2.39. The van der Waals surface area contributed by atoms with E-state index in [4.69, 9.17) is 9.57 Å². The Morgan fingerprint density at radius 1 is 1.19 bits per heavy atom. The van der Waals surface area contributed by atoms with Gasteiger partial charge in [-0.1, -0.05) is 19.3 Å². The van der Waals surface area contributed by atoms with Gasteiger partial charge in [0.25, 0.3) is 0 Å². The number of carboxylic acid groups (broad SMARTS) is 1. The van der Waals surface area contributed by atoms with Crippen LogP contribution in [0.15, 0.2) is 30.5 Å². The van der Waals surface area contributed by atoms with Crippen molar-refractivity contribution in [3.05, 3.63) is 36.0 Å². The summed E-state index contributed by atoms with van der Waals surface area (Å²) in [6, 6.07) is 7.96. The van der Waals surface area contributed by atoms with E-state index in [2.05, 4.69) is 27.1 Å². The van der Waals surface area contributed by atoms with Gasteiger partial charge < -0.3 is 19.6 Å². The predicted molar refractivity (Wildman–Crippen MR) is 150 cm³/mol. The van der Waals surface area contributed by atoms with Crippen molar-refractivity contribution in [2.45, 2.75) is 69.1 Å². The van der Waals surface area contributed by atoms with Gasteiger partial charge >= 0.3 is 5.97 Å². The Morgan fingerprint density at radius 3 is 2.78 bits per heavy atom. The maximum Gasteiger partial charge on any atom is 0.303 e. The van der Waals surface area contributed by atoms with Gasteiger partial charge in [-0.3, -0.25) is 9.78 Å². The van der Waals surface area contributed by atoms with Crippen LogP contribution in [0.25, 0.3) is 10.9 Å². The van der Waals surface area contributed by atoms with E-state index in [1.54, 1.807) is 14.2 Å². The Hall–Kier alpha value is -1.87. The molecule has 1 aromatic carbocycles. The van der Waals surface area contributed by atoms with Crippen LogP contribution in [0.5, 0.6) is 5.75 Å². The lowest BCUT2D eigenvalue weighted by Crippen LogP contribution is -2.42. The molecule has 2 aliphatic rings. The van der Waals surface area contributed by atoms with Crippen molar-refractivity contribution in [2.24, 2.45) is 11.8 Å². The van der Waals surface area contributed by atoms with E-state index >= 15 is 0 Å². The second-order valence-electron chi connectivity index (χ2n) is 10.6. The van der Waals surface area contributed by atoms with E-state index < -0.39 is 5.97 Å². The topological polar surface area (TPSA) is 83.9 Å². The third-order valence-corrected chi connectivity index (χ3v) is 9.53. The number of hydrogen-bond acceptors (Lipinski definition) is 7. The van der Waals surface area contributed by atoms with Gasteiger partial charge in [0, 0.05) is 42.1 Å². The number of carboxylic acids is 1. The summed E-state index contributed by atoms with van der Waals surface area (Å²) < 4.78 is 5.45. The first kappa shape index (κ1) is 28.1. The SMILES string of the molecule is CON[C@@H](CC[C@@H]1CCN(CCSC2CCCCC2)C[C@@H]1CC(=O)O)c1ccnc2ccc(OC)cc12. The fourth-order valence-electron chi connectivity index (χ4n) is 6.15. The molecular weight excluding hydrogens is 486 g/mol. The zero-order valence-corrected chi connectivity index (χ0v) is 23.2. The maximum atomic E-state index is 11.7. The fraction of sp³-hybridized carbons (Fsp3) is 0.655. The van der Waals surface area contributed by atoms with Crippen LogP contribution in [0, 0.1) is 11.8 Å². The number of rotatable bonds is 13. The number of aromatic nitrogens is 1. The highest BCUT2D eigenvalue weighted by Gasteiger charge is 2.31. The molecule has 0 bridgehead atoms. The average Bonchev–Trinajstić information content (AvgIpc) is 2.91.